The minimum atomic E-state index is -0.214. The zero-order valence-corrected chi connectivity index (χ0v) is 13.1. The molecule has 6 heteroatoms. The van der Waals surface area contributed by atoms with Gasteiger partial charge >= 0.3 is 0 Å². The number of carbonyl (C=O) groups is 1. The Balaban J connectivity index is 1.86. The summed E-state index contributed by atoms with van der Waals surface area (Å²) in [4.78, 5) is 13.9. The van der Waals surface area contributed by atoms with E-state index in [9.17, 15) is 4.79 Å². The summed E-state index contributed by atoms with van der Waals surface area (Å²) < 4.78 is 0. The summed E-state index contributed by atoms with van der Waals surface area (Å²) in [6.07, 6.45) is 2.23. The van der Waals surface area contributed by atoms with Crippen molar-refractivity contribution in [2.75, 3.05) is 32.7 Å². The second-order valence-electron chi connectivity index (χ2n) is 5.01. The Bertz CT molecular complexity index is 588. The smallest absolute Gasteiger partial charge is 0.266 e. The quantitative estimate of drug-likeness (QED) is 0.488. The molecule has 0 saturated carbocycles. The third-order valence-electron chi connectivity index (χ3n) is 3.50. The number of hydrogen-bond donors (Lipinski definition) is 2. The Labute approximate surface area is 135 Å². The van der Waals surface area contributed by atoms with Gasteiger partial charge in [0.25, 0.3) is 5.91 Å². The largest absolute Gasteiger partial charge is 0.389 e. The van der Waals surface area contributed by atoms with Crippen molar-refractivity contribution in [3.63, 3.8) is 0 Å². The Hall–Kier alpha value is -2.03. The summed E-state index contributed by atoms with van der Waals surface area (Å²) in [5.41, 5.74) is 1.18. The molecule has 2 rings (SSSR count). The summed E-state index contributed by atoms with van der Waals surface area (Å²) in [5, 5.41) is 16.1. The summed E-state index contributed by atoms with van der Waals surface area (Å²) in [5.74, 6) is -0.214. The molecule has 0 radical (unpaired) electrons. The van der Waals surface area contributed by atoms with Crippen LogP contribution in [0.5, 0.6) is 0 Å². The summed E-state index contributed by atoms with van der Waals surface area (Å²) >= 11 is 6.08. The first-order valence-corrected chi connectivity index (χ1v) is 7.67. The minimum absolute atomic E-state index is 0.140. The number of rotatable bonds is 5. The monoisotopic (exact) mass is 318 g/mol. The van der Waals surface area contributed by atoms with Gasteiger partial charge in [-0.1, -0.05) is 29.8 Å². The fourth-order valence-electron chi connectivity index (χ4n) is 2.26. The SMILES string of the molecule is N#C/C(=C/NCCc1ccccc1Cl)C(=O)N1CCNCC1. The topological polar surface area (TPSA) is 68.2 Å². The molecule has 116 valence electrons. The highest BCUT2D eigenvalue weighted by Gasteiger charge is 2.19. The molecule has 1 aliphatic heterocycles. The fourth-order valence-corrected chi connectivity index (χ4v) is 2.49. The van der Waals surface area contributed by atoms with Crippen LogP contribution in [0.4, 0.5) is 0 Å². The van der Waals surface area contributed by atoms with Gasteiger partial charge in [0.1, 0.15) is 11.6 Å². The molecule has 1 aromatic rings. The Kier molecular flexibility index (Phi) is 6.26. The number of piperazine rings is 1. The van der Waals surface area contributed by atoms with Gasteiger partial charge in [-0.3, -0.25) is 4.79 Å². The lowest BCUT2D eigenvalue weighted by atomic mass is 10.1. The van der Waals surface area contributed by atoms with Crippen molar-refractivity contribution in [3.05, 3.63) is 46.6 Å². The molecule has 1 aromatic carbocycles. The van der Waals surface area contributed by atoms with Gasteiger partial charge in [-0.2, -0.15) is 5.26 Å². The number of carbonyl (C=O) groups excluding carboxylic acids is 1. The van der Waals surface area contributed by atoms with E-state index in [4.69, 9.17) is 16.9 Å². The first-order valence-electron chi connectivity index (χ1n) is 7.29. The predicted molar refractivity (Wildman–Crippen MR) is 86.3 cm³/mol. The Morgan fingerprint density at radius 1 is 1.41 bits per heavy atom. The average molecular weight is 319 g/mol. The number of nitrogens with zero attached hydrogens (tertiary/aromatic N) is 2. The van der Waals surface area contributed by atoms with Crippen LogP contribution < -0.4 is 10.6 Å². The van der Waals surface area contributed by atoms with Crippen LogP contribution in [0.25, 0.3) is 0 Å². The second-order valence-corrected chi connectivity index (χ2v) is 5.41. The van der Waals surface area contributed by atoms with Crippen molar-refractivity contribution in [1.29, 1.82) is 5.26 Å². The van der Waals surface area contributed by atoms with Crippen LogP contribution in [-0.2, 0) is 11.2 Å². The normalized spacial score (nSPS) is 15.3. The van der Waals surface area contributed by atoms with Gasteiger partial charge in [-0.15, -0.1) is 0 Å². The number of nitrogens with one attached hydrogen (secondary N) is 2. The molecule has 1 saturated heterocycles. The average Bonchev–Trinajstić information content (AvgIpc) is 2.57. The molecule has 0 atom stereocenters. The predicted octanol–water partition coefficient (Wildman–Crippen LogP) is 1.31. The number of halogens is 1. The summed E-state index contributed by atoms with van der Waals surface area (Å²) in [6.45, 7) is 3.42. The van der Waals surface area contributed by atoms with Gasteiger partial charge in [0.05, 0.1) is 0 Å². The van der Waals surface area contributed by atoms with Crippen LogP contribution >= 0.6 is 11.6 Å². The van der Waals surface area contributed by atoms with E-state index in [2.05, 4.69) is 10.6 Å². The molecule has 0 unspecified atom stereocenters. The van der Waals surface area contributed by atoms with E-state index < -0.39 is 0 Å². The van der Waals surface area contributed by atoms with Crippen LogP contribution in [0, 0.1) is 11.3 Å². The second kappa shape index (κ2) is 8.42. The fraction of sp³-hybridized carbons (Fsp3) is 0.375. The first kappa shape index (κ1) is 16.3. The minimum Gasteiger partial charge on any atom is -0.389 e. The van der Waals surface area contributed by atoms with E-state index in [1.54, 1.807) is 4.90 Å². The summed E-state index contributed by atoms with van der Waals surface area (Å²) in [7, 11) is 0. The third kappa shape index (κ3) is 4.48. The van der Waals surface area contributed by atoms with Crippen molar-refractivity contribution < 1.29 is 4.79 Å². The van der Waals surface area contributed by atoms with Gasteiger partial charge < -0.3 is 15.5 Å². The molecule has 1 amide bonds. The van der Waals surface area contributed by atoms with Crippen molar-refractivity contribution in [3.8, 4) is 6.07 Å². The highest BCUT2D eigenvalue weighted by molar-refractivity contribution is 6.31. The van der Waals surface area contributed by atoms with Gasteiger partial charge in [0.15, 0.2) is 0 Å². The lowest BCUT2D eigenvalue weighted by Crippen LogP contribution is -2.46. The van der Waals surface area contributed by atoms with E-state index >= 15 is 0 Å². The molecule has 1 fully saturated rings. The number of amides is 1. The highest BCUT2D eigenvalue weighted by Crippen LogP contribution is 2.14. The third-order valence-corrected chi connectivity index (χ3v) is 3.87. The van der Waals surface area contributed by atoms with Crippen LogP contribution in [0.2, 0.25) is 5.02 Å². The van der Waals surface area contributed by atoms with E-state index in [1.807, 2.05) is 30.3 Å². The molecule has 1 heterocycles. The zero-order valence-electron chi connectivity index (χ0n) is 12.3. The van der Waals surface area contributed by atoms with Crippen LogP contribution in [0.15, 0.2) is 36.0 Å². The number of nitriles is 1. The molecule has 0 bridgehead atoms. The van der Waals surface area contributed by atoms with E-state index in [-0.39, 0.29) is 11.5 Å². The lowest BCUT2D eigenvalue weighted by Gasteiger charge is -2.27. The Morgan fingerprint density at radius 3 is 2.82 bits per heavy atom. The van der Waals surface area contributed by atoms with Crippen molar-refractivity contribution in [2.45, 2.75) is 6.42 Å². The molecular formula is C16H19ClN4O. The number of hydrogen-bond acceptors (Lipinski definition) is 4. The van der Waals surface area contributed by atoms with E-state index in [0.717, 1.165) is 30.1 Å². The number of benzene rings is 1. The molecule has 0 spiro atoms. The van der Waals surface area contributed by atoms with Crippen molar-refractivity contribution in [1.82, 2.24) is 15.5 Å². The maximum atomic E-state index is 12.2. The van der Waals surface area contributed by atoms with Crippen molar-refractivity contribution >= 4 is 17.5 Å². The molecule has 0 aliphatic carbocycles. The van der Waals surface area contributed by atoms with Crippen molar-refractivity contribution in [2.24, 2.45) is 0 Å². The molecular weight excluding hydrogens is 300 g/mol. The Morgan fingerprint density at radius 2 is 2.14 bits per heavy atom. The van der Waals surface area contributed by atoms with Gasteiger partial charge in [0.2, 0.25) is 0 Å². The molecule has 1 aliphatic rings. The van der Waals surface area contributed by atoms with Gasteiger partial charge in [0, 0.05) is 43.9 Å². The highest BCUT2D eigenvalue weighted by atomic mass is 35.5. The molecule has 22 heavy (non-hydrogen) atoms. The standard InChI is InChI=1S/C16H19ClN4O/c17-15-4-2-1-3-13(15)5-6-20-12-14(11-18)16(22)21-9-7-19-8-10-21/h1-4,12,19-20H,5-10H2/b14-12-. The maximum Gasteiger partial charge on any atom is 0.266 e. The van der Waals surface area contributed by atoms with Crippen LogP contribution in [0.1, 0.15) is 5.56 Å². The zero-order chi connectivity index (χ0) is 15.8. The summed E-state index contributed by atoms with van der Waals surface area (Å²) in [6, 6.07) is 9.61. The van der Waals surface area contributed by atoms with Crippen LogP contribution in [-0.4, -0.2) is 43.5 Å². The van der Waals surface area contributed by atoms with Crippen LogP contribution in [0.3, 0.4) is 0 Å². The first-order chi connectivity index (χ1) is 10.7. The molecule has 5 nitrogen and oxygen atoms in total. The van der Waals surface area contributed by atoms with Gasteiger partial charge in [-0.25, -0.2) is 0 Å². The lowest BCUT2D eigenvalue weighted by molar-refractivity contribution is -0.127. The van der Waals surface area contributed by atoms with E-state index in [0.29, 0.717) is 19.6 Å². The maximum absolute atomic E-state index is 12.2. The van der Waals surface area contributed by atoms with Gasteiger partial charge in [-0.05, 0) is 18.1 Å². The molecule has 0 aromatic heterocycles. The van der Waals surface area contributed by atoms with E-state index in [1.165, 1.54) is 6.20 Å². The molecule has 2 N–H and O–H groups in total.